The summed E-state index contributed by atoms with van der Waals surface area (Å²) in [5, 5.41) is 6.98. The van der Waals surface area contributed by atoms with E-state index in [9.17, 15) is 4.79 Å². The molecule has 0 unspecified atom stereocenters. The molecule has 2 fully saturated rings. The Balaban J connectivity index is 0.00000480. The first-order valence-corrected chi connectivity index (χ1v) is 11.6. The number of morpholine rings is 1. The number of guanidine groups is 1. The molecule has 0 radical (unpaired) electrons. The number of halogens is 1. The van der Waals surface area contributed by atoms with E-state index >= 15 is 0 Å². The van der Waals surface area contributed by atoms with Crippen LogP contribution in [-0.4, -0.2) is 101 Å². The lowest BCUT2D eigenvalue weighted by atomic mass is 9.83. The number of rotatable bonds is 12. The molecule has 8 nitrogen and oxygen atoms in total. The zero-order valence-corrected chi connectivity index (χ0v) is 22.1. The fourth-order valence-corrected chi connectivity index (χ4v) is 4.14. The highest BCUT2D eigenvalue weighted by Gasteiger charge is 2.33. The van der Waals surface area contributed by atoms with E-state index in [2.05, 4.69) is 20.5 Å². The number of ether oxygens (including phenoxy) is 2. The maximum atomic E-state index is 12.0. The third-order valence-corrected chi connectivity index (χ3v) is 6.19. The van der Waals surface area contributed by atoms with Crippen LogP contribution in [0.15, 0.2) is 4.99 Å². The maximum Gasteiger partial charge on any atom is 0.243 e. The Labute approximate surface area is 205 Å². The molecule has 1 saturated heterocycles. The van der Waals surface area contributed by atoms with Crippen LogP contribution < -0.4 is 10.6 Å². The minimum absolute atomic E-state index is 0. The molecule has 0 aromatic carbocycles. The summed E-state index contributed by atoms with van der Waals surface area (Å²) in [6.07, 6.45) is 7.15. The van der Waals surface area contributed by atoms with Gasteiger partial charge in [0.25, 0.3) is 0 Å². The minimum atomic E-state index is 0. The van der Waals surface area contributed by atoms with Crippen molar-refractivity contribution in [3.05, 3.63) is 0 Å². The Bertz CT molecular complexity index is 521. The summed E-state index contributed by atoms with van der Waals surface area (Å²) in [6.45, 7) is 10.3. The average molecular weight is 554 g/mol. The lowest BCUT2D eigenvalue weighted by Gasteiger charge is -2.30. The van der Waals surface area contributed by atoms with E-state index in [1.165, 1.54) is 25.7 Å². The van der Waals surface area contributed by atoms with Crippen molar-refractivity contribution in [2.24, 2.45) is 10.4 Å². The van der Waals surface area contributed by atoms with Crippen LogP contribution in [-0.2, 0) is 14.3 Å². The van der Waals surface area contributed by atoms with Crippen LogP contribution in [0.4, 0.5) is 0 Å². The molecule has 2 aliphatic rings. The molecule has 1 aliphatic heterocycles. The van der Waals surface area contributed by atoms with Crippen LogP contribution in [0.25, 0.3) is 0 Å². The number of carbonyl (C=O) groups excluding carboxylic acids is 1. The van der Waals surface area contributed by atoms with Gasteiger partial charge in [-0.15, -0.1) is 24.0 Å². The molecule has 1 amide bonds. The Morgan fingerprint density at radius 3 is 2.55 bits per heavy atom. The third-order valence-electron chi connectivity index (χ3n) is 6.19. The molecule has 31 heavy (non-hydrogen) atoms. The molecular formula is C22H44IN5O3. The summed E-state index contributed by atoms with van der Waals surface area (Å²) in [5.41, 5.74) is 0.275. The Morgan fingerprint density at radius 2 is 1.90 bits per heavy atom. The summed E-state index contributed by atoms with van der Waals surface area (Å²) in [7, 11) is 3.53. The second kappa shape index (κ2) is 16.0. The number of hydrogen-bond donors (Lipinski definition) is 2. The Hall–Kier alpha value is -0.650. The van der Waals surface area contributed by atoms with Crippen LogP contribution in [0.1, 0.15) is 45.4 Å². The van der Waals surface area contributed by atoms with E-state index in [-0.39, 0.29) is 41.8 Å². The molecule has 0 spiro atoms. The molecule has 0 bridgehead atoms. The van der Waals surface area contributed by atoms with Gasteiger partial charge in [-0.05, 0) is 44.6 Å². The largest absolute Gasteiger partial charge is 0.382 e. The summed E-state index contributed by atoms with van der Waals surface area (Å²) >= 11 is 0. The van der Waals surface area contributed by atoms with Crippen LogP contribution in [0.2, 0.25) is 0 Å². The highest BCUT2D eigenvalue weighted by atomic mass is 127. The molecule has 0 atom stereocenters. The molecule has 0 aromatic heterocycles. The summed E-state index contributed by atoms with van der Waals surface area (Å²) in [5.74, 6) is 0.756. The number of nitrogens with zero attached hydrogens (tertiary/aromatic N) is 3. The number of hydrogen-bond acceptors (Lipinski definition) is 5. The second-order valence-corrected chi connectivity index (χ2v) is 8.69. The molecule has 1 aliphatic carbocycles. The quantitative estimate of drug-likeness (QED) is 0.167. The van der Waals surface area contributed by atoms with Crippen molar-refractivity contribution in [2.45, 2.75) is 45.4 Å². The van der Waals surface area contributed by atoms with Gasteiger partial charge in [-0.3, -0.25) is 9.69 Å². The number of amides is 1. The van der Waals surface area contributed by atoms with Crippen molar-refractivity contribution in [1.82, 2.24) is 20.4 Å². The summed E-state index contributed by atoms with van der Waals surface area (Å²) in [6, 6.07) is 0. The SMILES string of the molecule is CCOCCC1(CNC(=NCC(=O)N(C)C)NCCCN2CCOCC2)CCCC1.I. The van der Waals surface area contributed by atoms with Gasteiger partial charge in [0.05, 0.1) is 13.2 Å². The zero-order valence-electron chi connectivity index (χ0n) is 19.8. The molecule has 182 valence electrons. The van der Waals surface area contributed by atoms with Gasteiger partial charge in [-0.1, -0.05) is 12.8 Å². The van der Waals surface area contributed by atoms with Gasteiger partial charge in [0.2, 0.25) is 5.91 Å². The van der Waals surface area contributed by atoms with Crippen molar-refractivity contribution in [3.63, 3.8) is 0 Å². The van der Waals surface area contributed by atoms with E-state index in [1.54, 1.807) is 19.0 Å². The van der Waals surface area contributed by atoms with Crippen molar-refractivity contribution in [3.8, 4) is 0 Å². The maximum absolute atomic E-state index is 12.0. The lowest BCUT2D eigenvalue weighted by molar-refractivity contribution is -0.127. The van der Waals surface area contributed by atoms with Gasteiger partial charge in [-0.2, -0.15) is 0 Å². The first-order chi connectivity index (χ1) is 14.5. The first-order valence-electron chi connectivity index (χ1n) is 11.6. The van der Waals surface area contributed by atoms with E-state index in [0.29, 0.717) is 0 Å². The van der Waals surface area contributed by atoms with Crippen molar-refractivity contribution in [2.75, 3.05) is 79.8 Å². The molecule has 1 saturated carbocycles. The predicted octanol–water partition coefficient (Wildman–Crippen LogP) is 1.94. The van der Waals surface area contributed by atoms with Crippen molar-refractivity contribution >= 4 is 35.8 Å². The van der Waals surface area contributed by atoms with E-state index < -0.39 is 0 Å². The number of aliphatic imine (C=N–C) groups is 1. The highest BCUT2D eigenvalue weighted by Crippen LogP contribution is 2.40. The molecule has 2 rings (SSSR count). The van der Waals surface area contributed by atoms with Gasteiger partial charge < -0.3 is 25.0 Å². The van der Waals surface area contributed by atoms with Crippen LogP contribution >= 0.6 is 24.0 Å². The number of nitrogens with one attached hydrogen (secondary N) is 2. The lowest BCUT2D eigenvalue weighted by Crippen LogP contribution is -2.45. The molecule has 2 N–H and O–H groups in total. The van der Waals surface area contributed by atoms with Gasteiger partial charge >= 0.3 is 0 Å². The topological polar surface area (TPSA) is 78.4 Å². The third kappa shape index (κ3) is 11.2. The van der Waals surface area contributed by atoms with E-state index in [0.717, 1.165) is 78.0 Å². The highest BCUT2D eigenvalue weighted by molar-refractivity contribution is 14.0. The Morgan fingerprint density at radius 1 is 1.19 bits per heavy atom. The van der Waals surface area contributed by atoms with Gasteiger partial charge in [-0.25, -0.2) is 4.99 Å². The van der Waals surface area contributed by atoms with E-state index in [1.807, 2.05) is 6.92 Å². The summed E-state index contributed by atoms with van der Waals surface area (Å²) < 4.78 is 11.0. The van der Waals surface area contributed by atoms with Crippen LogP contribution in [0.3, 0.4) is 0 Å². The van der Waals surface area contributed by atoms with Crippen LogP contribution in [0, 0.1) is 5.41 Å². The van der Waals surface area contributed by atoms with Gasteiger partial charge in [0.1, 0.15) is 6.54 Å². The Kier molecular flexibility index (Phi) is 14.7. The smallest absolute Gasteiger partial charge is 0.243 e. The molecule has 1 heterocycles. The van der Waals surface area contributed by atoms with E-state index in [4.69, 9.17) is 9.47 Å². The number of likely N-dealkylation sites (N-methyl/N-ethyl adjacent to an activating group) is 1. The fraction of sp³-hybridized carbons (Fsp3) is 0.909. The predicted molar refractivity (Wildman–Crippen MR) is 136 cm³/mol. The zero-order chi connectivity index (χ0) is 21.7. The molecular weight excluding hydrogens is 509 g/mol. The van der Waals surface area contributed by atoms with Gasteiger partial charge in [0.15, 0.2) is 5.96 Å². The monoisotopic (exact) mass is 553 g/mol. The fourth-order valence-electron chi connectivity index (χ4n) is 4.14. The van der Waals surface area contributed by atoms with Crippen molar-refractivity contribution < 1.29 is 14.3 Å². The normalized spacial score (nSPS) is 19.0. The standard InChI is InChI=1S/C22H43N5O3.HI/c1-4-29-15-10-22(8-5-6-9-22)19-25-21(24-18-20(28)26(2)3)23-11-7-12-27-13-16-30-17-14-27;/h4-19H2,1-3H3,(H2,23,24,25);1H. The molecule has 9 heteroatoms. The molecule has 0 aromatic rings. The van der Waals surface area contributed by atoms with Crippen LogP contribution in [0.5, 0.6) is 0 Å². The van der Waals surface area contributed by atoms with Gasteiger partial charge in [0, 0.05) is 53.5 Å². The number of carbonyl (C=O) groups is 1. The second-order valence-electron chi connectivity index (χ2n) is 8.69. The summed E-state index contributed by atoms with van der Waals surface area (Å²) in [4.78, 5) is 20.6. The minimum Gasteiger partial charge on any atom is -0.382 e. The average Bonchev–Trinajstić information content (AvgIpc) is 3.22. The van der Waals surface area contributed by atoms with Crippen molar-refractivity contribution in [1.29, 1.82) is 0 Å². The first kappa shape index (κ1) is 28.4.